The van der Waals surface area contributed by atoms with Crippen LogP contribution < -0.4 is 0 Å². The first kappa shape index (κ1) is 14.9. The molecule has 0 aliphatic heterocycles. The number of methoxy groups -OCH3 is 1. The Kier molecular flexibility index (Phi) is 8.02. The highest BCUT2D eigenvalue weighted by molar-refractivity contribution is 4.51. The average molecular weight is 218 g/mol. The van der Waals surface area contributed by atoms with Gasteiger partial charge in [-0.1, -0.05) is 32.6 Å². The molecule has 0 aliphatic carbocycles. The van der Waals surface area contributed by atoms with Crippen LogP contribution in [0, 0.1) is 0 Å². The standard InChI is InChI=1S/C12H26O3/c1-6-7-8-9-10-11(2)14-15-12(3,4)13-5/h11H,6-10H2,1-5H3/t11-/m0/s1. The summed E-state index contributed by atoms with van der Waals surface area (Å²) in [6.45, 7) is 7.90. The summed E-state index contributed by atoms with van der Waals surface area (Å²) >= 11 is 0. The van der Waals surface area contributed by atoms with Gasteiger partial charge in [-0.2, -0.15) is 0 Å². The molecule has 0 N–H and O–H groups in total. The first-order chi connectivity index (χ1) is 7.02. The van der Waals surface area contributed by atoms with E-state index in [9.17, 15) is 0 Å². The zero-order valence-electron chi connectivity index (χ0n) is 10.8. The minimum Gasteiger partial charge on any atom is -0.351 e. The zero-order chi connectivity index (χ0) is 11.7. The second-order valence-electron chi connectivity index (χ2n) is 4.44. The van der Waals surface area contributed by atoms with Crippen LogP contribution in [-0.4, -0.2) is 19.0 Å². The molecule has 3 heteroatoms. The molecule has 0 saturated carbocycles. The maximum Gasteiger partial charge on any atom is 0.195 e. The lowest BCUT2D eigenvalue weighted by Gasteiger charge is -2.23. The van der Waals surface area contributed by atoms with Gasteiger partial charge in [0, 0.05) is 7.11 Å². The molecule has 92 valence electrons. The number of rotatable bonds is 9. The van der Waals surface area contributed by atoms with Gasteiger partial charge in [-0.05, 0) is 27.2 Å². The van der Waals surface area contributed by atoms with Crippen molar-refractivity contribution in [2.75, 3.05) is 7.11 Å². The van der Waals surface area contributed by atoms with Crippen molar-refractivity contribution < 1.29 is 14.5 Å². The fraction of sp³-hybridized carbons (Fsp3) is 1.00. The van der Waals surface area contributed by atoms with E-state index in [-0.39, 0.29) is 6.10 Å². The second-order valence-corrected chi connectivity index (χ2v) is 4.44. The molecule has 0 fully saturated rings. The van der Waals surface area contributed by atoms with E-state index < -0.39 is 5.79 Å². The van der Waals surface area contributed by atoms with Crippen LogP contribution in [0.5, 0.6) is 0 Å². The maximum atomic E-state index is 5.25. The van der Waals surface area contributed by atoms with Gasteiger partial charge in [0.1, 0.15) is 0 Å². The molecule has 15 heavy (non-hydrogen) atoms. The van der Waals surface area contributed by atoms with Crippen LogP contribution in [0.4, 0.5) is 0 Å². The number of hydrogen-bond donors (Lipinski definition) is 0. The van der Waals surface area contributed by atoms with E-state index in [1.165, 1.54) is 25.7 Å². The van der Waals surface area contributed by atoms with Crippen molar-refractivity contribution in [1.29, 1.82) is 0 Å². The highest BCUT2D eigenvalue weighted by Gasteiger charge is 2.19. The summed E-state index contributed by atoms with van der Waals surface area (Å²) in [5.41, 5.74) is 0. The molecule has 0 unspecified atom stereocenters. The summed E-state index contributed by atoms with van der Waals surface area (Å²) in [7, 11) is 1.61. The minimum atomic E-state index is -0.655. The zero-order valence-corrected chi connectivity index (χ0v) is 10.8. The molecule has 0 bridgehead atoms. The van der Waals surface area contributed by atoms with E-state index in [1.807, 2.05) is 20.8 Å². The summed E-state index contributed by atoms with van der Waals surface area (Å²) in [6, 6.07) is 0. The minimum absolute atomic E-state index is 0.135. The molecule has 0 amide bonds. The Balaban J connectivity index is 3.44. The Morgan fingerprint density at radius 1 is 1.13 bits per heavy atom. The lowest BCUT2D eigenvalue weighted by Crippen LogP contribution is -2.28. The Hall–Kier alpha value is -0.120. The first-order valence-corrected chi connectivity index (χ1v) is 5.91. The van der Waals surface area contributed by atoms with E-state index in [4.69, 9.17) is 14.5 Å². The van der Waals surface area contributed by atoms with Crippen molar-refractivity contribution in [1.82, 2.24) is 0 Å². The molecule has 3 nitrogen and oxygen atoms in total. The lowest BCUT2D eigenvalue weighted by atomic mass is 10.1. The topological polar surface area (TPSA) is 27.7 Å². The number of ether oxygens (including phenoxy) is 1. The number of hydrogen-bond acceptors (Lipinski definition) is 3. The van der Waals surface area contributed by atoms with Gasteiger partial charge >= 0.3 is 0 Å². The van der Waals surface area contributed by atoms with E-state index in [0.29, 0.717) is 0 Å². The summed E-state index contributed by atoms with van der Waals surface area (Å²) in [5, 5.41) is 0. The van der Waals surface area contributed by atoms with E-state index in [1.54, 1.807) is 7.11 Å². The third kappa shape index (κ3) is 8.85. The van der Waals surface area contributed by atoms with Crippen molar-refractivity contribution >= 4 is 0 Å². The molecule has 0 aromatic rings. The molecule has 0 aliphatic rings. The SMILES string of the molecule is CCCCCC[C@H](C)OOC(C)(C)OC. The molecule has 0 rings (SSSR count). The predicted octanol–water partition coefficient (Wildman–Crippen LogP) is 3.68. The van der Waals surface area contributed by atoms with Crippen molar-refractivity contribution in [2.24, 2.45) is 0 Å². The summed E-state index contributed by atoms with van der Waals surface area (Å²) in [4.78, 5) is 10.4. The van der Waals surface area contributed by atoms with Crippen LogP contribution in [-0.2, 0) is 14.5 Å². The second kappa shape index (κ2) is 8.08. The van der Waals surface area contributed by atoms with Crippen LogP contribution in [0.2, 0.25) is 0 Å². The smallest absolute Gasteiger partial charge is 0.195 e. The Labute approximate surface area is 94.0 Å². The van der Waals surface area contributed by atoms with Gasteiger partial charge in [-0.3, -0.25) is 0 Å². The third-order valence-corrected chi connectivity index (χ3v) is 2.37. The van der Waals surface area contributed by atoms with Gasteiger partial charge < -0.3 is 4.74 Å². The lowest BCUT2D eigenvalue weighted by molar-refractivity contribution is -0.429. The highest BCUT2D eigenvalue weighted by atomic mass is 17.2. The fourth-order valence-corrected chi connectivity index (χ4v) is 1.14. The largest absolute Gasteiger partial charge is 0.351 e. The molecular formula is C12H26O3. The summed E-state index contributed by atoms with van der Waals surface area (Å²) in [6.07, 6.45) is 6.22. The molecule has 1 atom stereocenters. The Morgan fingerprint density at radius 2 is 1.80 bits per heavy atom. The van der Waals surface area contributed by atoms with Gasteiger partial charge in [-0.15, -0.1) is 0 Å². The van der Waals surface area contributed by atoms with Crippen LogP contribution in [0.15, 0.2) is 0 Å². The highest BCUT2D eigenvalue weighted by Crippen LogP contribution is 2.14. The average Bonchev–Trinajstić information content (AvgIpc) is 2.22. The first-order valence-electron chi connectivity index (χ1n) is 5.91. The molecule has 0 heterocycles. The molecule has 0 radical (unpaired) electrons. The van der Waals surface area contributed by atoms with Crippen LogP contribution in [0.3, 0.4) is 0 Å². The Bertz CT molecular complexity index is 146. The van der Waals surface area contributed by atoms with Crippen LogP contribution >= 0.6 is 0 Å². The van der Waals surface area contributed by atoms with Crippen molar-refractivity contribution in [2.45, 2.75) is 71.7 Å². The predicted molar refractivity (Wildman–Crippen MR) is 61.5 cm³/mol. The van der Waals surface area contributed by atoms with E-state index in [0.717, 1.165) is 6.42 Å². The van der Waals surface area contributed by atoms with E-state index in [2.05, 4.69) is 6.92 Å². The van der Waals surface area contributed by atoms with Gasteiger partial charge in [-0.25, -0.2) is 9.78 Å². The van der Waals surface area contributed by atoms with Crippen LogP contribution in [0.1, 0.15) is 59.8 Å². The summed E-state index contributed by atoms with van der Waals surface area (Å²) < 4.78 is 5.08. The van der Waals surface area contributed by atoms with Crippen molar-refractivity contribution in [3.8, 4) is 0 Å². The van der Waals surface area contributed by atoms with Crippen molar-refractivity contribution in [3.05, 3.63) is 0 Å². The number of unbranched alkanes of at least 4 members (excludes halogenated alkanes) is 3. The molecule has 0 spiro atoms. The van der Waals surface area contributed by atoms with Crippen LogP contribution in [0.25, 0.3) is 0 Å². The van der Waals surface area contributed by atoms with Gasteiger partial charge in [0.2, 0.25) is 0 Å². The molecule has 0 aromatic carbocycles. The maximum absolute atomic E-state index is 5.25. The van der Waals surface area contributed by atoms with Crippen molar-refractivity contribution in [3.63, 3.8) is 0 Å². The summed E-state index contributed by atoms with van der Waals surface area (Å²) in [5.74, 6) is -0.655. The van der Waals surface area contributed by atoms with Gasteiger partial charge in [0.25, 0.3) is 0 Å². The third-order valence-electron chi connectivity index (χ3n) is 2.37. The fourth-order valence-electron chi connectivity index (χ4n) is 1.14. The normalized spacial score (nSPS) is 14.2. The monoisotopic (exact) mass is 218 g/mol. The van der Waals surface area contributed by atoms with Gasteiger partial charge in [0.15, 0.2) is 5.79 Å². The quantitative estimate of drug-likeness (QED) is 0.256. The molecule has 0 saturated heterocycles. The molecule has 0 aromatic heterocycles. The molecular weight excluding hydrogens is 192 g/mol. The van der Waals surface area contributed by atoms with Gasteiger partial charge in [0.05, 0.1) is 6.10 Å². The van der Waals surface area contributed by atoms with E-state index >= 15 is 0 Å². The Morgan fingerprint density at radius 3 is 2.33 bits per heavy atom.